The molecule has 1 aromatic rings. The lowest BCUT2D eigenvalue weighted by Crippen LogP contribution is -2.22. The molecular formula is C10H13BrN2O. The van der Waals surface area contributed by atoms with Crippen LogP contribution in [0.3, 0.4) is 0 Å². The van der Waals surface area contributed by atoms with Crippen LogP contribution in [0, 0.1) is 6.92 Å². The summed E-state index contributed by atoms with van der Waals surface area (Å²) in [4.78, 5) is 6.57. The number of rotatable bonds is 1. The van der Waals surface area contributed by atoms with E-state index in [0.717, 1.165) is 29.0 Å². The van der Waals surface area contributed by atoms with Crippen LogP contribution in [0.2, 0.25) is 0 Å². The number of aromatic nitrogens is 1. The summed E-state index contributed by atoms with van der Waals surface area (Å²) in [5.74, 6) is 0.960. The van der Waals surface area contributed by atoms with Gasteiger partial charge in [-0.2, -0.15) is 0 Å². The standard InChI is InChI=1S/C10H13BrN2O/c1-7-9(11)2-3-10(12-7)13-5-4-8(14)6-13/h2-3,8,14H,4-6H2,1H3/t8-/m0/s1. The van der Waals surface area contributed by atoms with Gasteiger partial charge >= 0.3 is 0 Å². The van der Waals surface area contributed by atoms with Gasteiger partial charge in [-0.05, 0) is 41.4 Å². The van der Waals surface area contributed by atoms with E-state index in [9.17, 15) is 5.11 Å². The lowest BCUT2D eigenvalue weighted by Gasteiger charge is -2.17. The Morgan fingerprint density at radius 1 is 1.57 bits per heavy atom. The molecule has 0 aromatic carbocycles. The van der Waals surface area contributed by atoms with Crippen LogP contribution in [0.15, 0.2) is 16.6 Å². The van der Waals surface area contributed by atoms with Gasteiger partial charge in [0.25, 0.3) is 0 Å². The van der Waals surface area contributed by atoms with Crippen molar-refractivity contribution in [1.82, 2.24) is 4.98 Å². The minimum atomic E-state index is -0.194. The molecule has 1 atom stereocenters. The van der Waals surface area contributed by atoms with Crippen molar-refractivity contribution in [2.45, 2.75) is 19.4 Å². The van der Waals surface area contributed by atoms with Crippen LogP contribution < -0.4 is 4.90 Å². The SMILES string of the molecule is Cc1nc(N2CC[C@H](O)C2)ccc1Br. The van der Waals surface area contributed by atoms with Crippen molar-refractivity contribution in [3.05, 3.63) is 22.3 Å². The van der Waals surface area contributed by atoms with Gasteiger partial charge in [-0.3, -0.25) is 0 Å². The minimum absolute atomic E-state index is 0.194. The summed E-state index contributed by atoms with van der Waals surface area (Å²) in [5, 5.41) is 9.41. The van der Waals surface area contributed by atoms with E-state index in [1.807, 2.05) is 19.1 Å². The lowest BCUT2D eigenvalue weighted by atomic mass is 10.3. The Morgan fingerprint density at radius 3 is 2.93 bits per heavy atom. The molecule has 2 rings (SSSR count). The maximum absolute atomic E-state index is 9.41. The van der Waals surface area contributed by atoms with Gasteiger partial charge in [0, 0.05) is 17.6 Å². The van der Waals surface area contributed by atoms with Crippen LogP contribution in [0.4, 0.5) is 5.82 Å². The third-order valence-corrected chi connectivity index (χ3v) is 3.33. The molecule has 1 fully saturated rings. The lowest BCUT2D eigenvalue weighted by molar-refractivity contribution is 0.198. The van der Waals surface area contributed by atoms with Gasteiger partial charge in [-0.25, -0.2) is 4.98 Å². The van der Waals surface area contributed by atoms with Crippen LogP contribution in [0.1, 0.15) is 12.1 Å². The summed E-state index contributed by atoms with van der Waals surface area (Å²) in [5.41, 5.74) is 0.990. The summed E-state index contributed by atoms with van der Waals surface area (Å²) in [6, 6.07) is 3.98. The highest BCUT2D eigenvalue weighted by Crippen LogP contribution is 2.22. The molecule has 1 aliphatic heterocycles. The predicted molar refractivity (Wildman–Crippen MR) is 59.5 cm³/mol. The van der Waals surface area contributed by atoms with E-state index in [4.69, 9.17) is 0 Å². The molecule has 0 unspecified atom stereocenters. The zero-order valence-corrected chi connectivity index (χ0v) is 9.66. The van der Waals surface area contributed by atoms with Crippen molar-refractivity contribution in [2.24, 2.45) is 0 Å². The van der Waals surface area contributed by atoms with E-state index in [0.29, 0.717) is 6.54 Å². The van der Waals surface area contributed by atoms with Gasteiger partial charge < -0.3 is 10.0 Å². The Hall–Kier alpha value is -0.610. The first kappa shape index (κ1) is 9.93. The van der Waals surface area contributed by atoms with E-state index < -0.39 is 0 Å². The molecule has 0 spiro atoms. The number of hydrogen-bond donors (Lipinski definition) is 1. The van der Waals surface area contributed by atoms with E-state index in [2.05, 4.69) is 25.8 Å². The second-order valence-corrected chi connectivity index (χ2v) is 4.48. The number of β-amino-alcohol motifs (C(OH)–C–C–N with tert-alkyl or cyclic N) is 1. The second-order valence-electron chi connectivity index (χ2n) is 3.63. The van der Waals surface area contributed by atoms with Crippen molar-refractivity contribution in [2.75, 3.05) is 18.0 Å². The molecule has 0 bridgehead atoms. The predicted octanol–water partition coefficient (Wildman–Crippen LogP) is 1.72. The third kappa shape index (κ3) is 1.91. The highest BCUT2D eigenvalue weighted by Gasteiger charge is 2.21. The maximum atomic E-state index is 9.41. The minimum Gasteiger partial charge on any atom is -0.391 e. The summed E-state index contributed by atoms with van der Waals surface area (Å²) in [6.07, 6.45) is 0.650. The first-order chi connectivity index (χ1) is 6.66. The number of anilines is 1. The molecule has 2 heterocycles. The topological polar surface area (TPSA) is 36.4 Å². The van der Waals surface area contributed by atoms with E-state index in [-0.39, 0.29) is 6.10 Å². The molecule has 1 aromatic heterocycles. The zero-order chi connectivity index (χ0) is 10.1. The van der Waals surface area contributed by atoms with Crippen LogP contribution in [-0.2, 0) is 0 Å². The van der Waals surface area contributed by atoms with Crippen molar-refractivity contribution in [3.63, 3.8) is 0 Å². The number of halogens is 1. The average molecular weight is 257 g/mol. The molecule has 76 valence electrons. The zero-order valence-electron chi connectivity index (χ0n) is 8.07. The molecule has 1 aliphatic rings. The van der Waals surface area contributed by atoms with Crippen LogP contribution in [0.25, 0.3) is 0 Å². The molecule has 0 amide bonds. The van der Waals surface area contributed by atoms with E-state index in [1.54, 1.807) is 0 Å². The van der Waals surface area contributed by atoms with Gasteiger partial charge in [-0.1, -0.05) is 0 Å². The fourth-order valence-electron chi connectivity index (χ4n) is 1.66. The normalized spacial score (nSPS) is 21.6. The molecule has 14 heavy (non-hydrogen) atoms. The van der Waals surface area contributed by atoms with Gasteiger partial charge in [0.2, 0.25) is 0 Å². The van der Waals surface area contributed by atoms with Gasteiger partial charge in [0.05, 0.1) is 11.8 Å². The molecule has 3 nitrogen and oxygen atoms in total. The summed E-state index contributed by atoms with van der Waals surface area (Å²) < 4.78 is 1.03. The van der Waals surface area contributed by atoms with Crippen molar-refractivity contribution >= 4 is 21.7 Å². The average Bonchev–Trinajstić information content (AvgIpc) is 2.57. The van der Waals surface area contributed by atoms with Crippen LogP contribution in [-0.4, -0.2) is 29.3 Å². The first-order valence-electron chi connectivity index (χ1n) is 4.73. The molecule has 0 aliphatic carbocycles. The number of hydrogen-bond acceptors (Lipinski definition) is 3. The Bertz CT molecular complexity index is 343. The number of aliphatic hydroxyl groups excluding tert-OH is 1. The number of aliphatic hydroxyl groups is 1. The third-order valence-electron chi connectivity index (χ3n) is 2.49. The van der Waals surface area contributed by atoms with E-state index >= 15 is 0 Å². The molecule has 0 saturated carbocycles. The fraction of sp³-hybridized carbons (Fsp3) is 0.500. The van der Waals surface area contributed by atoms with Crippen LogP contribution >= 0.6 is 15.9 Å². The summed E-state index contributed by atoms with van der Waals surface area (Å²) in [6.45, 7) is 3.57. The second kappa shape index (κ2) is 3.87. The Morgan fingerprint density at radius 2 is 2.36 bits per heavy atom. The van der Waals surface area contributed by atoms with Gasteiger partial charge in [0.15, 0.2) is 0 Å². The van der Waals surface area contributed by atoms with Gasteiger partial charge in [0.1, 0.15) is 5.82 Å². The first-order valence-corrected chi connectivity index (χ1v) is 5.52. The highest BCUT2D eigenvalue weighted by atomic mass is 79.9. The highest BCUT2D eigenvalue weighted by molar-refractivity contribution is 9.10. The fourth-order valence-corrected chi connectivity index (χ4v) is 1.88. The molecule has 4 heteroatoms. The number of aryl methyl sites for hydroxylation is 1. The Balaban J connectivity index is 2.20. The molecule has 0 radical (unpaired) electrons. The monoisotopic (exact) mass is 256 g/mol. The molecule has 1 saturated heterocycles. The number of nitrogens with zero attached hydrogens (tertiary/aromatic N) is 2. The van der Waals surface area contributed by atoms with Crippen molar-refractivity contribution in [3.8, 4) is 0 Å². The summed E-state index contributed by atoms with van der Waals surface area (Å²) >= 11 is 3.42. The molecular weight excluding hydrogens is 244 g/mol. The molecule has 1 N–H and O–H groups in total. The number of pyridine rings is 1. The van der Waals surface area contributed by atoms with Crippen molar-refractivity contribution in [1.29, 1.82) is 0 Å². The summed E-state index contributed by atoms with van der Waals surface area (Å²) in [7, 11) is 0. The smallest absolute Gasteiger partial charge is 0.128 e. The Kier molecular flexibility index (Phi) is 2.74. The Labute approximate surface area is 91.9 Å². The van der Waals surface area contributed by atoms with E-state index in [1.165, 1.54) is 0 Å². The maximum Gasteiger partial charge on any atom is 0.128 e. The quantitative estimate of drug-likeness (QED) is 0.832. The van der Waals surface area contributed by atoms with Crippen LogP contribution in [0.5, 0.6) is 0 Å². The largest absolute Gasteiger partial charge is 0.391 e. The van der Waals surface area contributed by atoms with Gasteiger partial charge in [-0.15, -0.1) is 0 Å². The van der Waals surface area contributed by atoms with Crippen molar-refractivity contribution < 1.29 is 5.11 Å².